The largest absolute Gasteiger partial charge is 0.385 e. The highest BCUT2D eigenvalue weighted by Crippen LogP contribution is 2.11. The van der Waals surface area contributed by atoms with E-state index in [0.717, 1.165) is 22.1 Å². The number of nitrogens with zero attached hydrogens (tertiary/aromatic N) is 2. The number of carbonyl (C=O) groups is 1. The van der Waals surface area contributed by atoms with Gasteiger partial charge in [0.15, 0.2) is 0 Å². The molecule has 19 heavy (non-hydrogen) atoms. The van der Waals surface area contributed by atoms with Crippen LogP contribution in [0.4, 0.5) is 5.69 Å². The van der Waals surface area contributed by atoms with Crippen LogP contribution in [0.15, 0.2) is 24.5 Å². The van der Waals surface area contributed by atoms with Crippen molar-refractivity contribution in [3.63, 3.8) is 0 Å². The zero-order valence-electron chi connectivity index (χ0n) is 10.9. The van der Waals surface area contributed by atoms with E-state index >= 15 is 0 Å². The third-order valence-corrected chi connectivity index (χ3v) is 3.36. The van der Waals surface area contributed by atoms with Crippen molar-refractivity contribution >= 4 is 22.9 Å². The van der Waals surface area contributed by atoms with Crippen molar-refractivity contribution in [2.75, 3.05) is 11.9 Å². The van der Waals surface area contributed by atoms with Crippen molar-refractivity contribution in [3.05, 3.63) is 40.1 Å². The maximum Gasteiger partial charge on any atom is 0.270 e. The minimum absolute atomic E-state index is 0.187. The van der Waals surface area contributed by atoms with E-state index < -0.39 is 0 Å². The van der Waals surface area contributed by atoms with Crippen molar-refractivity contribution < 1.29 is 4.79 Å². The first-order valence-electron chi connectivity index (χ1n) is 6.08. The first-order valence-corrected chi connectivity index (χ1v) is 6.90. The number of hydrogen-bond donors (Lipinski definition) is 2. The molecule has 0 radical (unpaired) electrons. The fraction of sp³-hybridized carbons (Fsp3) is 0.308. The zero-order valence-corrected chi connectivity index (χ0v) is 11.8. The van der Waals surface area contributed by atoms with Crippen LogP contribution in [0.2, 0.25) is 0 Å². The van der Waals surface area contributed by atoms with Crippen LogP contribution in [0.5, 0.6) is 0 Å². The number of carbonyl (C=O) groups excluding carboxylic acids is 1. The average Bonchev–Trinajstić information content (AvgIpc) is 2.82. The lowest BCUT2D eigenvalue weighted by molar-refractivity contribution is 0.0946. The molecule has 0 saturated heterocycles. The highest BCUT2D eigenvalue weighted by atomic mass is 32.1. The second-order valence-corrected chi connectivity index (χ2v) is 5.33. The van der Waals surface area contributed by atoms with E-state index in [4.69, 9.17) is 0 Å². The van der Waals surface area contributed by atoms with Crippen molar-refractivity contribution in [2.45, 2.75) is 20.4 Å². The van der Waals surface area contributed by atoms with Crippen molar-refractivity contribution in [1.82, 2.24) is 15.3 Å². The summed E-state index contributed by atoms with van der Waals surface area (Å²) >= 11 is 1.58. The molecule has 5 nitrogen and oxygen atoms in total. The van der Waals surface area contributed by atoms with Gasteiger partial charge < -0.3 is 10.6 Å². The van der Waals surface area contributed by atoms with Crippen LogP contribution >= 0.6 is 11.3 Å². The van der Waals surface area contributed by atoms with E-state index in [1.807, 2.05) is 19.9 Å². The Morgan fingerprint density at radius 3 is 2.95 bits per heavy atom. The summed E-state index contributed by atoms with van der Waals surface area (Å²) in [4.78, 5) is 21.4. The van der Waals surface area contributed by atoms with Gasteiger partial charge in [0.25, 0.3) is 5.91 Å². The molecule has 0 spiro atoms. The third-order valence-electron chi connectivity index (χ3n) is 2.44. The van der Waals surface area contributed by atoms with Gasteiger partial charge in [-0.25, -0.2) is 4.98 Å². The summed E-state index contributed by atoms with van der Waals surface area (Å²) in [5.41, 5.74) is 1.31. The molecule has 100 valence electrons. The number of nitrogens with one attached hydrogen (secondary N) is 2. The van der Waals surface area contributed by atoms with E-state index in [2.05, 4.69) is 20.6 Å². The van der Waals surface area contributed by atoms with Crippen LogP contribution in [-0.2, 0) is 6.54 Å². The first-order chi connectivity index (χ1) is 9.19. The number of aromatic nitrogens is 2. The highest BCUT2D eigenvalue weighted by Gasteiger charge is 2.08. The topological polar surface area (TPSA) is 66.9 Å². The standard InChI is InChI=1S/C13H16N4OS/c1-3-14-10-4-5-15-11(6-10)13(18)17-8-12-16-7-9(2)19-12/h4-7H,3,8H2,1-2H3,(H,14,15)(H,17,18). The van der Waals surface area contributed by atoms with E-state index in [1.54, 1.807) is 29.8 Å². The monoisotopic (exact) mass is 276 g/mol. The minimum atomic E-state index is -0.187. The summed E-state index contributed by atoms with van der Waals surface area (Å²) in [6.45, 7) is 5.24. The predicted octanol–water partition coefficient (Wildman–Crippen LogP) is 2.21. The van der Waals surface area contributed by atoms with Crippen LogP contribution in [0.1, 0.15) is 27.3 Å². The Morgan fingerprint density at radius 1 is 1.42 bits per heavy atom. The molecule has 0 aliphatic carbocycles. The Bertz CT molecular complexity index is 567. The summed E-state index contributed by atoms with van der Waals surface area (Å²) in [6, 6.07) is 3.58. The Morgan fingerprint density at radius 2 is 2.26 bits per heavy atom. The van der Waals surface area contributed by atoms with E-state index in [0.29, 0.717) is 12.2 Å². The molecule has 0 atom stereocenters. The minimum Gasteiger partial charge on any atom is -0.385 e. The lowest BCUT2D eigenvalue weighted by atomic mass is 10.3. The van der Waals surface area contributed by atoms with Crippen molar-refractivity contribution in [1.29, 1.82) is 0 Å². The van der Waals surface area contributed by atoms with Crippen LogP contribution in [0.3, 0.4) is 0 Å². The molecule has 0 unspecified atom stereocenters. The first kappa shape index (κ1) is 13.5. The van der Waals surface area contributed by atoms with Gasteiger partial charge in [-0.15, -0.1) is 11.3 Å². The van der Waals surface area contributed by atoms with Gasteiger partial charge in [0.1, 0.15) is 10.7 Å². The molecule has 0 aliphatic rings. The third kappa shape index (κ3) is 3.75. The fourth-order valence-electron chi connectivity index (χ4n) is 1.60. The van der Waals surface area contributed by atoms with Gasteiger partial charge in [-0.2, -0.15) is 0 Å². The normalized spacial score (nSPS) is 10.2. The van der Waals surface area contributed by atoms with Gasteiger partial charge >= 0.3 is 0 Å². The van der Waals surface area contributed by atoms with Gasteiger partial charge in [-0.05, 0) is 26.0 Å². The summed E-state index contributed by atoms with van der Waals surface area (Å²) in [5.74, 6) is -0.187. The number of hydrogen-bond acceptors (Lipinski definition) is 5. The van der Waals surface area contributed by atoms with Gasteiger partial charge in [0, 0.05) is 29.5 Å². The summed E-state index contributed by atoms with van der Waals surface area (Å²) in [7, 11) is 0. The number of rotatable bonds is 5. The van der Waals surface area contributed by atoms with Crippen molar-refractivity contribution in [3.8, 4) is 0 Å². The quantitative estimate of drug-likeness (QED) is 0.878. The molecule has 6 heteroatoms. The van der Waals surface area contributed by atoms with Gasteiger partial charge in [-0.1, -0.05) is 0 Å². The molecule has 2 rings (SSSR count). The molecule has 2 heterocycles. The predicted molar refractivity (Wildman–Crippen MR) is 76.4 cm³/mol. The molecule has 0 aliphatic heterocycles. The molecule has 2 aromatic rings. The molecule has 0 saturated carbocycles. The lowest BCUT2D eigenvalue weighted by Crippen LogP contribution is -2.23. The second kappa shape index (κ2) is 6.29. The van der Waals surface area contributed by atoms with Gasteiger partial charge in [0.2, 0.25) is 0 Å². The Kier molecular flexibility index (Phi) is 4.46. The van der Waals surface area contributed by atoms with Gasteiger partial charge in [-0.3, -0.25) is 9.78 Å². The maximum absolute atomic E-state index is 12.0. The average molecular weight is 276 g/mol. The van der Waals surface area contributed by atoms with Gasteiger partial charge in [0.05, 0.1) is 6.54 Å². The molecular weight excluding hydrogens is 260 g/mol. The molecule has 1 amide bonds. The van der Waals surface area contributed by atoms with Crippen LogP contribution in [0, 0.1) is 6.92 Å². The maximum atomic E-state index is 12.0. The van der Waals surface area contributed by atoms with Crippen molar-refractivity contribution in [2.24, 2.45) is 0 Å². The van der Waals surface area contributed by atoms with Crippen LogP contribution in [-0.4, -0.2) is 22.4 Å². The molecule has 2 N–H and O–H groups in total. The number of pyridine rings is 1. The second-order valence-electron chi connectivity index (χ2n) is 4.01. The number of aryl methyl sites for hydroxylation is 1. The Labute approximate surface area is 116 Å². The molecule has 0 fully saturated rings. The molecule has 0 bridgehead atoms. The fourth-order valence-corrected chi connectivity index (χ4v) is 2.33. The van der Waals surface area contributed by atoms with Crippen LogP contribution in [0.25, 0.3) is 0 Å². The summed E-state index contributed by atoms with van der Waals surface area (Å²) in [5, 5.41) is 6.86. The zero-order chi connectivity index (χ0) is 13.7. The smallest absolute Gasteiger partial charge is 0.270 e. The highest BCUT2D eigenvalue weighted by molar-refractivity contribution is 7.11. The number of anilines is 1. The summed E-state index contributed by atoms with van der Waals surface area (Å²) in [6.07, 6.45) is 3.43. The van der Waals surface area contributed by atoms with E-state index in [-0.39, 0.29) is 5.91 Å². The Balaban J connectivity index is 1.97. The van der Waals surface area contributed by atoms with E-state index in [1.165, 1.54) is 0 Å². The molecule has 2 aromatic heterocycles. The van der Waals surface area contributed by atoms with Crippen LogP contribution < -0.4 is 10.6 Å². The molecule has 0 aromatic carbocycles. The summed E-state index contributed by atoms with van der Waals surface area (Å²) < 4.78 is 0. The number of amides is 1. The SMILES string of the molecule is CCNc1ccnc(C(=O)NCc2ncc(C)s2)c1. The Hall–Kier alpha value is -1.95. The molecular formula is C13H16N4OS. The lowest BCUT2D eigenvalue weighted by Gasteiger charge is -2.06. The van der Waals surface area contributed by atoms with E-state index in [9.17, 15) is 4.79 Å². The number of thiazole rings is 1.